The quantitative estimate of drug-likeness (QED) is 0.930. The van der Waals surface area contributed by atoms with Crippen LogP contribution in [0, 0.1) is 11.3 Å². The van der Waals surface area contributed by atoms with Crippen molar-refractivity contribution in [2.75, 3.05) is 18.4 Å². The van der Waals surface area contributed by atoms with Gasteiger partial charge < -0.3 is 5.32 Å². The lowest BCUT2D eigenvalue weighted by Gasteiger charge is -2.31. The SMILES string of the molecule is CC(C(=O)Nc1cccc(C#N)c1)N1CC=C(c2ccccc2)CC1. The number of carbonyl (C=O) groups excluding carboxylic acids is 1. The third-order valence-electron chi connectivity index (χ3n) is 4.57. The second-order valence-electron chi connectivity index (χ2n) is 6.20. The van der Waals surface area contributed by atoms with Crippen LogP contribution in [0.25, 0.3) is 5.57 Å². The molecular weight excluding hydrogens is 310 g/mol. The summed E-state index contributed by atoms with van der Waals surface area (Å²) in [5, 5.41) is 11.9. The number of nitrogens with one attached hydrogen (secondary N) is 1. The van der Waals surface area contributed by atoms with Crippen molar-refractivity contribution in [3.63, 3.8) is 0 Å². The average molecular weight is 331 g/mol. The predicted molar refractivity (Wildman–Crippen MR) is 99.9 cm³/mol. The molecule has 0 radical (unpaired) electrons. The van der Waals surface area contributed by atoms with Gasteiger partial charge in [-0.05, 0) is 42.7 Å². The summed E-state index contributed by atoms with van der Waals surface area (Å²) < 4.78 is 0. The fraction of sp³-hybridized carbons (Fsp3) is 0.238. The van der Waals surface area contributed by atoms with Gasteiger partial charge in [-0.2, -0.15) is 5.26 Å². The summed E-state index contributed by atoms with van der Waals surface area (Å²) in [7, 11) is 0. The molecule has 1 N–H and O–H groups in total. The molecule has 0 saturated heterocycles. The highest BCUT2D eigenvalue weighted by Crippen LogP contribution is 2.23. The molecule has 0 spiro atoms. The minimum absolute atomic E-state index is 0.0494. The number of amides is 1. The molecule has 2 aromatic carbocycles. The van der Waals surface area contributed by atoms with Gasteiger partial charge in [0, 0.05) is 18.8 Å². The zero-order chi connectivity index (χ0) is 17.6. The Morgan fingerprint density at radius 2 is 2.00 bits per heavy atom. The van der Waals surface area contributed by atoms with Gasteiger partial charge in [0.2, 0.25) is 5.91 Å². The molecule has 1 aliphatic heterocycles. The molecule has 0 saturated carbocycles. The van der Waals surface area contributed by atoms with Crippen LogP contribution in [0.15, 0.2) is 60.7 Å². The fourth-order valence-electron chi connectivity index (χ4n) is 3.03. The molecule has 3 rings (SSSR count). The standard InChI is InChI=1S/C21H21N3O/c1-16(21(25)23-20-9-5-6-17(14-20)15-22)24-12-10-19(11-13-24)18-7-3-2-4-8-18/h2-10,14,16H,11-13H2,1H3,(H,23,25). The molecule has 126 valence electrons. The molecule has 0 bridgehead atoms. The first-order valence-electron chi connectivity index (χ1n) is 8.47. The van der Waals surface area contributed by atoms with Crippen LogP contribution < -0.4 is 5.32 Å². The van der Waals surface area contributed by atoms with Crippen molar-refractivity contribution in [1.29, 1.82) is 5.26 Å². The van der Waals surface area contributed by atoms with Gasteiger partial charge in [-0.15, -0.1) is 0 Å². The Bertz CT molecular complexity index is 821. The molecule has 1 aliphatic rings. The van der Waals surface area contributed by atoms with E-state index in [1.165, 1.54) is 11.1 Å². The van der Waals surface area contributed by atoms with E-state index in [9.17, 15) is 4.79 Å². The van der Waals surface area contributed by atoms with Gasteiger partial charge in [-0.3, -0.25) is 9.69 Å². The minimum atomic E-state index is -0.223. The lowest BCUT2D eigenvalue weighted by Crippen LogP contribution is -2.44. The predicted octanol–water partition coefficient (Wildman–Crippen LogP) is 3.67. The smallest absolute Gasteiger partial charge is 0.241 e. The molecule has 1 heterocycles. The van der Waals surface area contributed by atoms with Crippen LogP contribution in [0.2, 0.25) is 0 Å². The van der Waals surface area contributed by atoms with E-state index in [-0.39, 0.29) is 11.9 Å². The number of hydrogen-bond acceptors (Lipinski definition) is 3. The second-order valence-corrected chi connectivity index (χ2v) is 6.20. The van der Waals surface area contributed by atoms with Gasteiger partial charge >= 0.3 is 0 Å². The molecule has 2 aromatic rings. The minimum Gasteiger partial charge on any atom is -0.325 e. The first-order chi connectivity index (χ1) is 12.2. The van der Waals surface area contributed by atoms with Gasteiger partial charge in [-0.1, -0.05) is 42.5 Å². The summed E-state index contributed by atoms with van der Waals surface area (Å²) in [5.41, 5.74) is 3.80. The van der Waals surface area contributed by atoms with Gasteiger partial charge in [0.25, 0.3) is 0 Å². The Morgan fingerprint density at radius 3 is 2.68 bits per heavy atom. The maximum Gasteiger partial charge on any atom is 0.241 e. The lowest BCUT2D eigenvalue weighted by molar-refractivity contribution is -0.120. The fourth-order valence-corrected chi connectivity index (χ4v) is 3.03. The third-order valence-corrected chi connectivity index (χ3v) is 4.57. The number of carbonyl (C=O) groups is 1. The Morgan fingerprint density at radius 1 is 1.20 bits per heavy atom. The van der Waals surface area contributed by atoms with Crippen LogP contribution in [0.5, 0.6) is 0 Å². The van der Waals surface area contributed by atoms with Crippen molar-refractivity contribution in [2.45, 2.75) is 19.4 Å². The number of nitrogens with zero attached hydrogens (tertiary/aromatic N) is 2. The largest absolute Gasteiger partial charge is 0.325 e. The number of benzene rings is 2. The first kappa shape index (κ1) is 16.9. The maximum atomic E-state index is 12.5. The van der Waals surface area contributed by atoms with Crippen LogP contribution in [-0.2, 0) is 4.79 Å². The summed E-state index contributed by atoms with van der Waals surface area (Å²) in [6.07, 6.45) is 3.14. The van der Waals surface area contributed by atoms with Crippen LogP contribution in [0.3, 0.4) is 0 Å². The van der Waals surface area contributed by atoms with Crippen LogP contribution >= 0.6 is 0 Å². The Labute approximate surface area is 148 Å². The molecule has 25 heavy (non-hydrogen) atoms. The Kier molecular flexibility index (Phi) is 5.27. The van der Waals surface area contributed by atoms with E-state index in [4.69, 9.17) is 5.26 Å². The maximum absolute atomic E-state index is 12.5. The highest BCUT2D eigenvalue weighted by molar-refractivity contribution is 5.94. The van der Waals surface area contributed by atoms with Crippen LogP contribution in [0.1, 0.15) is 24.5 Å². The van der Waals surface area contributed by atoms with Gasteiger partial charge in [0.1, 0.15) is 0 Å². The van der Waals surface area contributed by atoms with E-state index >= 15 is 0 Å². The van der Waals surface area contributed by atoms with Crippen molar-refractivity contribution < 1.29 is 4.79 Å². The third kappa shape index (κ3) is 4.14. The number of hydrogen-bond donors (Lipinski definition) is 1. The molecule has 0 fully saturated rings. The van der Waals surface area contributed by atoms with Gasteiger partial charge in [0.05, 0.1) is 17.7 Å². The molecule has 1 atom stereocenters. The van der Waals surface area contributed by atoms with Crippen molar-refractivity contribution in [2.24, 2.45) is 0 Å². The molecule has 4 heteroatoms. The summed E-state index contributed by atoms with van der Waals surface area (Å²) in [6, 6.07) is 19.2. The molecule has 0 aliphatic carbocycles. The normalized spacial score (nSPS) is 15.8. The Balaban J connectivity index is 1.62. The molecule has 1 amide bonds. The van der Waals surface area contributed by atoms with Crippen molar-refractivity contribution in [3.05, 3.63) is 71.8 Å². The highest BCUT2D eigenvalue weighted by atomic mass is 16.2. The van der Waals surface area contributed by atoms with Crippen LogP contribution in [0.4, 0.5) is 5.69 Å². The van der Waals surface area contributed by atoms with E-state index in [0.29, 0.717) is 11.3 Å². The molecule has 1 unspecified atom stereocenters. The monoisotopic (exact) mass is 331 g/mol. The molecule has 0 aromatic heterocycles. The number of rotatable bonds is 4. The van der Waals surface area contributed by atoms with E-state index in [2.05, 4.69) is 34.5 Å². The summed E-state index contributed by atoms with van der Waals surface area (Å²) in [4.78, 5) is 14.7. The summed E-state index contributed by atoms with van der Waals surface area (Å²) in [6.45, 7) is 3.54. The number of nitriles is 1. The highest BCUT2D eigenvalue weighted by Gasteiger charge is 2.23. The van der Waals surface area contributed by atoms with E-state index < -0.39 is 0 Å². The first-order valence-corrected chi connectivity index (χ1v) is 8.47. The Hall–Kier alpha value is -2.90. The second kappa shape index (κ2) is 7.78. The van der Waals surface area contributed by atoms with Crippen molar-refractivity contribution in [3.8, 4) is 6.07 Å². The topological polar surface area (TPSA) is 56.1 Å². The van der Waals surface area contributed by atoms with Crippen molar-refractivity contribution in [1.82, 2.24) is 4.90 Å². The summed E-state index contributed by atoms with van der Waals surface area (Å²) >= 11 is 0. The van der Waals surface area contributed by atoms with Crippen molar-refractivity contribution >= 4 is 17.2 Å². The average Bonchev–Trinajstić information content (AvgIpc) is 2.68. The van der Waals surface area contributed by atoms with Gasteiger partial charge in [0.15, 0.2) is 0 Å². The molecular formula is C21H21N3O. The van der Waals surface area contributed by atoms with E-state index in [1.54, 1.807) is 24.3 Å². The van der Waals surface area contributed by atoms with E-state index in [1.807, 2.05) is 25.1 Å². The van der Waals surface area contributed by atoms with Crippen LogP contribution in [-0.4, -0.2) is 29.9 Å². The zero-order valence-electron chi connectivity index (χ0n) is 14.3. The van der Waals surface area contributed by atoms with Gasteiger partial charge in [-0.25, -0.2) is 0 Å². The number of anilines is 1. The molecule has 4 nitrogen and oxygen atoms in total. The van der Waals surface area contributed by atoms with E-state index in [0.717, 1.165) is 19.5 Å². The summed E-state index contributed by atoms with van der Waals surface area (Å²) in [5.74, 6) is -0.0494. The zero-order valence-corrected chi connectivity index (χ0v) is 14.3. The lowest BCUT2D eigenvalue weighted by atomic mass is 9.99.